The Hall–Kier alpha value is -2.91. The van der Waals surface area contributed by atoms with E-state index in [9.17, 15) is 36.2 Å². The molecule has 1 amide bonds. The van der Waals surface area contributed by atoms with Crippen molar-refractivity contribution in [1.29, 1.82) is 0 Å². The zero-order chi connectivity index (χ0) is 35.1. The number of amides is 1. The van der Waals surface area contributed by atoms with E-state index in [2.05, 4.69) is 5.32 Å². The van der Waals surface area contributed by atoms with E-state index in [1.165, 1.54) is 18.2 Å². The predicted molar refractivity (Wildman–Crippen MR) is 186 cm³/mol. The Labute approximate surface area is 284 Å². The lowest BCUT2D eigenvalue weighted by atomic mass is 9.98. The maximum Gasteiger partial charge on any atom is 0.253 e. The lowest BCUT2D eigenvalue weighted by molar-refractivity contribution is 0.0755. The standard InChI is InChI=1S/C35H47F2N3O6S2/c1-4-13-39(14-5-2)35(42)27-8-7-9-32(19-27)48(45,46)40(15-12-26-16-29(36)20-30(37)17-26)22-31(41)21-38-34-24-47(43,44)23-28-11-10-25(6-3)18-33(28)34/h7-11,16-20,31,34,38,41,43-44H,4-6,12-15,21-24H2,1-3H3/t31-,34+/m1/s1. The van der Waals surface area contributed by atoms with Crippen LogP contribution in [0.15, 0.2) is 65.6 Å². The zero-order valence-electron chi connectivity index (χ0n) is 27.7. The van der Waals surface area contributed by atoms with Gasteiger partial charge >= 0.3 is 0 Å². The molecule has 4 N–H and O–H groups in total. The highest BCUT2D eigenvalue weighted by atomic mass is 32.3. The van der Waals surface area contributed by atoms with Gasteiger partial charge in [-0.2, -0.15) is 14.9 Å². The van der Waals surface area contributed by atoms with Gasteiger partial charge in [0.05, 0.1) is 28.5 Å². The molecule has 4 rings (SSSR count). The molecule has 48 heavy (non-hydrogen) atoms. The minimum absolute atomic E-state index is 0.0375. The number of hydrogen-bond donors (Lipinski definition) is 4. The van der Waals surface area contributed by atoms with Crippen LogP contribution in [0.5, 0.6) is 0 Å². The number of aliphatic hydroxyl groups excluding tert-OH is 1. The van der Waals surface area contributed by atoms with E-state index in [0.717, 1.165) is 58.5 Å². The summed E-state index contributed by atoms with van der Waals surface area (Å²) in [6.07, 6.45) is 1.01. The van der Waals surface area contributed by atoms with Crippen molar-refractivity contribution in [1.82, 2.24) is 14.5 Å². The maximum atomic E-state index is 14.1. The van der Waals surface area contributed by atoms with Gasteiger partial charge in [0.15, 0.2) is 0 Å². The number of carbonyl (C=O) groups excluding carboxylic acids is 1. The Balaban J connectivity index is 1.58. The maximum absolute atomic E-state index is 14.1. The Bertz CT molecular complexity index is 1650. The van der Waals surface area contributed by atoms with E-state index < -0.39 is 44.4 Å². The highest BCUT2D eigenvalue weighted by molar-refractivity contribution is 8.23. The number of benzene rings is 3. The summed E-state index contributed by atoms with van der Waals surface area (Å²) in [5, 5.41) is 14.4. The molecule has 264 valence electrons. The van der Waals surface area contributed by atoms with Crippen molar-refractivity contribution in [3.8, 4) is 0 Å². The molecule has 0 aromatic heterocycles. The first kappa shape index (κ1) is 37.9. The van der Waals surface area contributed by atoms with Gasteiger partial charge in [0, 0.05) is 44.4 Å². The van der Waals surface area contributed by atoms with E-state index >= 15 is 0 Å². The van der Waals surface area contributed by atoms with Gasteiger partial charge < -0.3 is 15.3 Å². The molecule has 0 spiro atoms. The van der Waals surface area contributed by atoms with E-state index in [-0.39, 0.29) is 59.5 Å². The number of fused-ring (bicyclic) bond motifs is 1. The van der Waals surface area contributed by atoms with Gasteiger partial charge in [-0.05, 0) is 78.3 Å². The number of sulfonamides is 1. The van der Waals surface area contributed by atoms with Gasteiger partial charge in [0.1, 0.15) is 11.6 Å². The Morgan fingerprint density at radius 3 is 2.29 bits per heavy atom. The summed E-state index contributed by atoms with van der Waals surface area (Å²) in [5.74, 6) is -1.66. The molecule has 9 nitrogen and oxygen atoms in total. The molecule has 1 heterocycles. The van der Waals surface area contributed by atoms with Crippen molar-refractivity contribution in [3.63, 3.8) is 0 Å². The number of carbonyl (C=O) groups is 1. The molecular formula is C35H47F2N3O6S2. The third-order valence-electron chi connectivity index (χ3n) is 8.39. The summed E-state index contributed by atoms with van der Waals surface area (Å²) < 4.78 is 78.4. The number of nitrogens with zero attached hydrogens (tertiary/aromatic N) is 2. The quantitative estimate of drug-likeness (QED) is 0.144. The van der Waals surface area contributed by atoms with Crippen LogP contribution in [0.1, 0.15) is 72.3 Å². The van der Waals surface area contributed by atoms with Crippen molar-refractivity contribution >= 4 is 26.5 Å². The number of aliphatic hydroxyl groups is 1. The third-order valence-corrected chi connectivity index (χ3v) is 11.9. The van der Waals surface area contributed by atoms with Crippen molar-refractivity contribution in [3.05, 3.63) is 100 Å². The van der Waals surface area contributed by atoms with Crippen molar-refractivity contribution in [2.75, 3.05) is 38.5 Å². The molecular weight excluding hydrogens is 661 g/mol. The van der Waals surface area contributed by atoms with Gasteiger partial charge in [0.25, 0.3) is 5.91 Å². The highest BCUT2D eigenvalue weighted by Crippen LogP contribution is 2.50. The zero-order valence-corrected chi connectivity index (χ0v) is 29.4. The van der Waals surface area contributed by atoms with Crippen LogP contribution in [0.2, 0.25) is 0 Å². The van der Waals surface area contributed by atoms with Crippen LogP contribution in [-0.4, -0.2) is 82.3 Å². The summed E-state index contributed by atoms with van der Waals surface area (Å²) in [4.78, 5) is 14.8. The van der Waals surface area contributed by atoms with E-state index in [1.54, 1.807) is 11.0 Å². The molecule has 0 saturated carbocycles. The fourth-order valence-corrected chi connectivity index (χ4v) is 9.26. The van der Waals surface area contributed by atoms with Crippen LogP contribution in [0.25, 0.3) is 0 Å². The van der Waals surface area contributed by atoms with E-state index in [1.807, 2.05) is 39.0 Å². The van der Waals surface area contributed by atoms with Crippen LogP contribution in [-0.2, 0) is 28.6 Å². The molecule has 0 radical (unpaired) electrons. The number of halogens is 2. The van der Waals surface area contributed by atoms with Crippen LogP contribution in [0.3, 0.4) is 0 Å². The summed E-state index contributed by atoms with van der Waals surface area (Å²) in [5.41, 5.74) is 3.26. The molecule has 0 aliphatic carbocycles. The van der Waals surface area contributed by atoms with Gasteiger partial charge in [0.2, 0.25) is 10.0 Å². The van der Waals surface area contributed by atoms with Crippen LogP contribution in [0.4, 0.5) is 8.78 Å². The van der Waals surface area contributed by atoms with Crippen molar-refractivity contribution in [2.45, 2.75) is 69.2 Å². The molecule has 2 atom stereocenters. The van der Waals surface area contributed by atoms with E-state index in [0.29, 0.717) is 13.1 Å². The predicted octanol–water partition coefficient (Wildman–Crippen LogP) is 5.98. The summed E-state index contributed by atoms with van der Waals surface area (Å²) in [6, 6.07) is 14.1. The number of hydrogen-bond acceptors (Lipinski definition) is 7. The van der Waals surface area contributed by atoms with Crippen molar-refractivity contribution < 1.29 is 36.2 Å². The Morgan fingerprint density at radius 2 is 1.65 bits per heavy atom. The first-order valence-corrected chi connectivity index (χ1v) is 19.7. The molecule has 3 aromatic rings. The second-order valence-electron chi connectivity index (χ2n) is 12.3. The topological polar surface area (TPSA) is 130 Å². The summed E-state index contributed by atoms with van der Waals surface area (Å²) >= 11 is 0. The Kier molecular flexibility index (Phi) is 13.2. The lowest BCUT2D eigenvalue weighted by Crippen LogP contribution is -2.44. The normalized spacial score (nSPS) is 17.1. The molecule has 13 heteroatoms. The summed E-state index contributed by atoms with van der Waals surface area (Å²) in [7, 11) is -7.21. The molecule has 0 saturated heterocycles. The average Bonchev–Trinajstić information content (AvgIpc) is 3.04. The van der Waals surface area contributed by atoms with Crippen LogP contribution < -0.4 is 5.32 Å². The Morgan fingerprint density at radius 1 is 0.958 bits per heavy atom. The monoisotopic (exact) mass is 707 g/mol. The number of nitrogens with one attached hydrogen (secondary N) is 1. The van der Waals surface area contributed by atoms with Crippen molar-refractivity contribution in [2.24, 2.45) is 0 Å². The third kappa shape index (κ3) is 9.84. The number of rotatable bonds is 16. The largest absolute Gasteiger partial charge is 0.390 e. The lowest BCUT2D eigenvalue weighted by Gasteiger charge is -2.42. The molecule has 1 aliphatic rings. The summed E-state index contributed by atoms with van der Waals surface area (Å²) in [6.45, 7) is 6.35. The highest BCUT2D eigenvalue weighted by Gasteiger charge is 2.32. The van der Waals surface area contributed by atoms with Gasteiger partial charge in [-0.15, -0.1) is 0 Å². The second kappa shape index (κ2) is 16.7. The minimum Gasteiger partial charge on any atom is -0.390 e. The first-order valence-electron chi connectivity index (χ1n) is 16.4. The van der Waals surface area contributed by atoms with E-state index in [4.69, 9.17) is 0 Å². The molecule has 1 aliphatic heterocycles. The van der Waals surface area contributed by atoms with Gasteiger partial charge in [-0.25, -0.2) is 17.2 Å². The molecule has 3 aromatic carbocycles. The smallest absolute Gasteiger partial charge is 0.253 e. The second-order valence-corrected chi connectivity index (χ2v) is 16.5. The van der Waals surface area contributed by atoms with Crippen LogP contribution >= 0.6 is 10.6 Å². The minimum atomic E-state index is -4.30. The SMILES string of the molecule is CCCN(CCC)C(=O)c1cccc(S(=O)(=O)N(CCc2cc(F)cc(F)c2)C[C@H](O)CN[C@H]2CS(O)(O)Cc3ccc(CC)cc32)c1. The van der Waals surface area contributed by atoms with Gasteiger partial charge in [-0.3, -0.25) is 13.9 Å². The molecule has 0 bridgehead atoms. The number of aryl methyl sites for hydroxylation is 1. The fourth-order valence-electron chi connectivity index (χ4n) is 6.03. The fraction of sp³-hybridized carbons (Fsp3) is 0.457. The molecule has 0 fully saturated rings. The van der Waals surface area contributed by atoms with Gasteiger partial charge in [-0.1, -0.05) is 45.0 Å². The van der Waals surface area contributed by atoms with Crippen LogP contribution in [0, 0.1) is 11.6 Å². The average molecular weight is 708 g/mol. The first-order chi connectivity index (χ1) is 22.8. The molecule has 0 unspecified atom stereocenters.